The molecule has 3 N–H and O–H groups in total. The van der Waals surface area contributed by atoms with Gasteiger partial charge < -0.3 is 11.1 Å². The molecule has 0 spiro atoms. The van der Waals surface area contributed by atoms with E-state index in [1.807, 2.05) is 20.9 Å². The van der Waals surface area contributed by atoms with Crippen LogP contribution in [0.15, 0.2) is 0 Å². The summed E-state index contributed by atoms with van der Waals surface area (Å²) in [5.41, 5.74) is 4.72. The summed E-state index contributed by atoms with van der Waals surface area (Å²) < 4.78 is 23.1. The number of hydrogen-bond donors (Lipinski definition) is 2. The van der Waals surface area contributed by atoms with Gasteiger partial charge in [-0.25, -0.2) is 8.42 Å². The molecule has 20 heavy (non-hydrogen) atoms. The van der Waals surface area contributed by atoms with E-state index >= 15 is 0 Å². The Hall–Kier alpha value is -0.660. The molecule has 3 unspecified atom stereocenters. The Morgan fingerprint density at radius 1 is 1.55 bits per heavy atom. The first-order valence-corrected chi connectivity index (χ1v) is 8.90. The minimum atomic E-state index is -2.89. The molecule has 1 saturated heterocycles. The topological polar surface area (TPSA) is 92.5 Å². The number of rotatable bonds is 7. The summed E-state index contributed by atoms with van der Waals surface area (Å²) in [6, 6.07) is 0.110. The quantitative estimate of drug-likeness (QED) is 0.676. The van der Waals surface area contributed by atoms with Crippen molar-refractivity contribution in [3.8, 4) is 0 Å². The van der Waals surface area contributed by atoms with Crippen LogP contribution in [-0.4, -0.2) is 61.9 Å². The highest BCUT2D eigenvalue weighted by molar-refractivity contribution is 7.91. The van der Waals surface area contributed by atoms with E-state index in [0.29, 0.717) is 19.4 Å². The lowest BCUT2D eigenvalue weighted by Gasteiger charge is -2.36. The molecule has 6 nitrogen and oxygen atoms in total. The van der Waals surface area contributed by atoms with Gasteiger partial charge in [0, 0.05) is 12.1 Å². The second-order valence-electron chi connectivity index (χ2n) is 6.00. The van der Waals surface area contributed by atoms with Crippen LogP contribution < -0.4 is 11.1 Å². The largest absolute Gasteiger partial charge is 0.368 e. The van der Waals surface area contributed by atoms with Crippen molar-refractivity contribution < 1.29 is 13.2 Å². The Labute approximate surface area is 122 Å². The minimum absolute atomic E-state index is 0.0359. The summed E-state index contributed by atoms with van der Waals surface area (Å²) >= 11 is 0. The zero-order chi connectivity index (χ0) is 15.6. The van der Waals surface area contributed by atoms with Gasteiger partial charge in [0.05, 0.1) is 17.0 Å². The van der Waals surface area contributed by atoms with Gasteiger partial charge >= 0.3 is 0 Å². The Bertz CT molecular complexity index is 452. The Kier molecular flexibility index (Phi) is 5.57. The summed E-state index contributed by atoms with van der Waals surface area (Å²) in [6.07, 6.45) is 1.22. The molecule has 1 rings (SSSR count). The summed E-state index contributed by atoms with van der Waals surface area (Å²) in [4.78, 5) is 13.7. The third-order valence-electron chi connectivity index (χ3n) is 4.29. The molecule has 0 aromatic rings. The number of sulfone groups is 1. The molecule has 0 saturated carbocycles. The second-order valence-corrected chi connectivity index (χ2v) is 8.23. The van der Waals surface area contributed by atoms with Crippen molar-refractivity contribution in [3.63, 3.8) is 0 Å². The van der Waals surface area contributed by atoms with Gasteiger partial charge in [-0.15, -0.1) is 0 Å². The summed E-state index contributed by atoms with van der Waals surface area (Å²) in [5.74, 6) is 0.0933. The zero-order valence-electron chi connectivity index (χ0n) is 12.8. The number of hydrogen-bond acceptors (Lipinski definition) is 5. The zero-order valence-corrected chi connectivity index (χ0v) is 13.7. The van der Waals surface area contributed by atoms with E-state index in [2.05, 4.69) is 10.2 Å². The fraction of sp³-hybridized carbons (Fsp3) is 0.923. The monoisotopic (exact) mass is 305 g/mol. The molecule has 1 aliphatic heterocycles. The SMILES string of the molecule is CCNC(C)(CC(C)N(C)C1CCS(=O)(=O)C1)C(N)=O. The molecular weight excluding hydrogens is 278 g/mol. The predicted octanol–water partition coefficient (Wildman–Crippen LogP) is -0.263. The Morgan fingerprint density at radius 2 is 2.15 bits per heavy atom. The van der Waals surface area contributed by atoms with Crippen LogP contribution in [0.5, 0.6) is 0 Å². The number of nitrogens with two attached hydrogens (primary N) is 1. The van der Waals surface area contributed by atoms with Crippen LogP contribution >= 0.6 is 0 Å². The number of carbonyl (C=O) groups excluding carboxylic acids is 1. The lowest BCUT2D eigenvalue weighted by Crippen LogP contribution is -2.56. The standard InChI is InChI=1S/C13H27N3O3S/c1-5-15-13(3,12(14)17)8-10(2)16(4)11-6-7-20(18,19)9-11/h10-11,15H,5-9H2,1-4H3,(H2,14,17). The predicted molar refractivity (Wildman–Crippen MR) is 80.2 cm³/mol. The van der Waals surface area contributed by atoms with E-state index in [9.17, 15) is 13.2 Å². The van der Waals surface area contributed by atoms with Gasteiger partial charge in [0.15, 0.2) is 9.84 Å². The molecule has 1 amide bonds. The van der Waals surface area contributed by atoms with Gasteiger partial charge in [0.2, 0.25) is 5.91 Å². The average molecular weight is 305 g/mol. The van der Waals surface area contributed by atoms with Crippen LogP contribution in [0.3, 0.4) is 0 Å². The molecule has 1 heterocycles. The van der Waals surface area contributed by atoms with E-state index < -0.39 is 15.4 Å². The Morgan fingerprint density at radius 3 is 2.55 bits per heavy atom. The first-order chi connectivity index (χ1) is 9.11. The minimum Gasteiger partial charge on any atom is -0.368 e. The van der Waals surface area contributed by atoms with E-state index in [-0.39, 0.29) is 29.5 Å². The van der Waals surface area contributed by atoms with E-state index in [1.165, 1.54) is 0 Å². The normalized spacial score (nSPS) is 26.4. The van der Waals surface area contributed by atoms with Gasteiger partial charge in [0.25, 0.3) is 0 Å². The third kappa shape index (κ3) is 4.17. The fourth-order valence-corrected chi connectivity index (χ4v) is 4.63. The molecule has 1 fully saturated rings. The summed E-state index contributed by atoms with van der Waals surface area (Å²) in [5, 5.41) is 3.13. The van der Waals surface area contributed by atoms with Crippen LogP contribution in [0.2, 0.25) is 0 Å². The van der Waals surface area contributed by atoms with Crippen molar-refractivity contribution in [2.24, 2.45) is 5.73 Å². The van der Waals surface area contributed by atoms with Crippen LogP contribution in [0.25, 0.3) is 0 Å². The van der Waals surface area contributed by atoms with Gasteiger partial charge in [-0.05, 0) is 40.3 Å². The number of nitrogens with zero attached hydrogens (tertiary/aromatic N) is 1. The van der Waals surface area contributed by atoms with Crippen molar-refractivity contribution in [1.82, 2.24) is 10.2 Å². The fourth-order valence-electron chi connectivity index (χ4n) is 2.84. The van der Waals surface area contributed by atoms with Crippen molar-refractivity contribution >= 4 is 15.7 Å². The Balaban J connectivity index is 2.69. The first-order valence-electron chi connectivity index (χ1n) is 7.08. The summed E-state index contributed by atoms with van der Waals surface area (Å²) in [6.45, 7) is 6.39. The van der Waals surface area contributed by atoms with E-state index in [0.717, 1.165) is 0 Å². The molecule has 3 atom stereocenters. The average Bonchev–Trinajstić information content (AvgIpc) is 2.68. The smallest absolute Gasteiger partial charge is 0.237 e. The molecule has 0 bridgehead atoms. The highest BCUT2D eigenvalue weighted by Crippen LogP contribution is 2.22. The van der Waals surface area contributed by atoms with Crippen LogP contribution in [0, 0.1) is 0 Å². The highest BCUT2D eigenvalue weighted by atomic mass is 32.2. The van der Waals surface area contributed by atoms with Gasteiger partial charge in [-0.1, -0.05) is 6.92 Å². The summed E-state index contributed by atoms with van der Waals surface area (Å²) in [7, 11) is -0.973. The van der Waals surface area contributed by atoms with E-state index in [4.69, 9.17) is 5.73 Å². The lowest BCUT2D eigenvalue weighted by atomic mass is 9.91. The van der Waals surface area contributed by atoms with Crippen LogP contribution in [0.1, 0.15) is 33.6 Å². The van der Waals surface area contributed by atoms with Gasteiger partial charge in [-0.3, -0.25) is 9.69 Å². The van der Waals surface area contributed by atoms with Gasteiger partial charge in [-0.2, -0.15) is 0 Å². The van der Waals surface area contributed by atoms with E-state index in [1.54, 1.807) is 6.92 Å². The van der Waals surface area contributed by atoms with Crippen molar-refractivity contribution in [2.75, 3.05) is 25.1 Å². The number of nitrogens with one attached hydrogen (secondary N) is 1. The number of carbonyl (C=O) groups is 1. The maximum atomic E-state index is 11.6. The third-order valence-corrected chi connectivity index (χ3v) is 6.04. The molecule has 0 aromatic heterocycles. The molecular formula is C13H27N3O3S. The lowest BCUT2D eigenvalue weighted by molar-refractivity contribution is -0.124. The van der Waals surface area contributed by atoms with Crippen LogP contribution in [0.4, 0.5) is 0 Å². The molecule has 0 radical (unpaired) electrons. The van der Waals surface area contributed by atoms with Crippen LogP contribution in [-0.2, 0) is 14.6 Å². The first kappa shape index (κ1) is 17.4. The maximum Gasteiger partial charge on any atom is 0.237 e. The molecule has 0 aliphatic carbocycles. The van der Waals surface area contributed by atoms with Crippen molar-refractivity contribution in [1.29, 1.82) is 0 Å². The number of primary amides is 1. The molecule has 7 heteroatoms. The number of likely N-dealkylation sites (N-methyl/N-ethyl adjacent to an activating group) is 1. The molecule has 118 valence electrons. The maximum absolute atomic E-state index is 11.6. The molecule has 0 aromatic carbocycles. The van der Waals surface area contributed by atoms with Crippen molar-refractivity contribution in [2.45, 2.75) is 51.2 Å². The van der Waals surface area contributed by atoms with Crippen molar-refractivity contribution in [3.05, 3.63) is 0 Å². The van der Waals surface area contributed by atoms with Gasteiger partial charge in [0.1, 0.15) is 0 Å². The highest BCUT2D eigenvalue weighted by Gasteiger charge is 2.37. The number of amides is 1. The second kappa shape index (κ2) is 6.41. The molecule has 1 aliphatic rings.